The molecule has 2 aromatic rings. The van der Waals surface area contributed by atoms with E-state index in [9.17, 15) is 18.5 Å². The van der Waals surface area contributed by atoms with Gasteiger partial charge >= 0.3 is 5.69 Å². The van der Waals surface area contributed by atoms with Crippen molar-refractivity contribution in [2.24, 2.45) is 7.05 Å². The van der Waals surface area contributed by atoms with Crippen LogP contribution in [-0.4, -0.2) is 33.5 Å². The zero-order chi connectivity index (χ0) is 14.9. The number of nitrogens with zero attached hydrogens (tertiary/aromatic N) is 5. The molecule has 1 aromatic heterocycles. The molecule has 20 heavy (non-hydrogen) atoms. The Morgan fingerprint density at radius 1 is 1.45 bits per heavy atom. The number of nitrogens with one attached hydrogen (secondary N) is 1. The number of nitro groups is 1. The first-order valence-corrected chi connectivity index (χ1v) is 6.59. The number of hydrogen-bond donors (Lipinski definition) is 2. The summed E-state index contributed by atoms with van der Waals surface area (Å²) < 4.78 is 26.2. The van der Waals surface area contributed by atoms with Gasteiger partial charge in [0.1, 0.15) is 5.69 Å². The fourth-order valence-corrected chi connectivity index (χ4v) is 2.59. The van der Waals surface area contributed by atoms with Crippen LogP contribution in [0.25, 0.3) is 0 Å². The number of tetrazole rings is 1. The van der Waals surface area contributed by atoms with Crippen LogP contribution in [0.4, 0.5) is 17.3 Å². The van der Waals surface area contributed by atoms with E-state index in [4.69, 9.17) is 5.73 Å². The number of nitrogen functional groups attached to an aromatic ring is 1. The van der Waals surface area contributed by atoms with Crippen molar-refractivity contribution in [2.75, 3.05) is 10.5 Å². The van der Waals surface area contributed by atoms with Gasteiger partial charge in [-0.05, 0) is 17.3 Å². The summed E-state index contributed by atoms with van der Waals surface area (Å²) in [5, 5.41) is 21.4. The van der Waals surface area contributed by atoms with Crippen molar-refractivity contribution in [2.45, 2.75) is 4.90 Å². The van der Waals surface area contributed by atoms with E-state index in [0.717, 1.165) is 10.9 Å². The van der Waals surface area contributed by atoms with Gasteiger partial charge in [-0.3, -0.25) is 10.1 Å². The number of anilines is 2. The maximum Gasteiger partial charge on any atom is 0.312 e. The van der Waals surface area contributed by atoms with Gasteiger partial charge < -0.3 is 5.73 Å². The Morgan fingerprint density at radius 3 is 2.70 bits per heavy atom. The largest absolute Gasteiger partial charge is 0.393 e. The van der Waals surface area contributed by atoms with Gasteiger partial charge in [0.15, 0.2) is 4.90 Å². The predicted octanol–water partition coefficient (Wildman–Crippen LogP) is -0.499. The molecule has 0 fully saturated rings. The molecule has 106 valence electrons. The van der Waals surface area contributed by atoms with Crippen LogP contribution in [0.1, 0.15) is 0 Å². The molecule has 0 saturated carbocycles. The van der Waals surface area contributed by atoms with Gasteiger partial charge in [0.05, 0.1) is 12.0 Å². The Labute approximate surface area is 112 Å². The van der Waals surface area contributed by atoms with Crippen LogP contribution < -0.4 is 10.5 Å². The van der Waals surface area contributed by atoms with E-state index in [1.165, 1.54) is 19.2 Å². The molecular weight excluding hydrogens is 290 g/mol. The number of nitro benzene ring substituents is 1. The van der Waals surface area contributed by atoms with Crippen LogP contribution in [-0.2, 0) is 17.1 Å². The summed E-state index contributed by atoms with van der Waals surface area (Å²) in [7, 11) is -2.81. The Hall–Kier alpha value is -2.76. The molecule has 12 heteroatoms. The number of hydrogen-bond acceptors (Lipinski definition) is 8. The predicted molar refractivity (Wildman–Crippen MR) is 67.1 cm³/mol. The Kier molecular flexibility index (Phi) is 3.23. The summed E-state index contributed by atoms with van der Waals surface area (Å²) in [4.78, 5) is 10.5. The van der Waals surface area contributed by atoms with Crippen LogP contribution in [0, 0.1) is 10.1 Å². The monoisotopic (exact) mass is 299 g/mol. The van der Waals surface area contributed by atoms with Crippen molar-refractivity contribution in [3.05, 3.63) is 28.3 Å². The van der Waals surface area contributed by atoms with Crippen LogP contribution >= 0.6 is 0 Å². The van der Waals surface area contributed by atoms with Gasteiger partial charge in [0.25, 0.3) is 16.0 Å². The van der Waals surface area contributed by atoms with Crippen molar-refractivity contribution in [3.8, 4) is 0 Å². The molecule has 0 atom stereocenters. The Balaban J connectivity index is 2.50. The molecule has 0 amide bonds. The van der Waals surface area contributed by atoms with Crippen molar-refractivity contribution in [1.29, 1.82) is 0 Å². The van der Waals surface area contributed by atoms with Gasteiger partial charge in [-0.1, -0.05) is 11.2 Å². The van der Waals surface area contributed by atoms with Crippen LogP contribution in [0.15, 0.2) is 23.1 Å². The van der Waals surface area contributed by atoms with E-state index >= 15 is 0 Å². The van der Waals surface area contributed by atoms with Crippen molar-refractivity contribution < 1.29 is 13.3 Å². The van der Waals surface area contributed by atoms with Crippen LogP contribution in [0.5, 0.6) is 0 Å². The first-order valence-electron chi connectivity index (χ1n) is 5.11. The zero-order valence-electron chi connectivity index (χ0n) is 10.1. The molecule has 2 rings (SSSR count). The fraction of sp³-hybridized carbons (Fsp3) is 0.125. The van der Waals surface area contributed by atoms with Gasteiger partial charge in [0, 0.05) is 0 Å². The molecule has 0 aliphatic carbocycles. The first-order chi connectivity index (χ1) is 9.31. The fourth-order valence-electron chi connectivity index (χ4n) is 1.45. The molecule has 11 nitrogen and oxygen atoms in total. The molecule has 0 aliphatic heterocycles. The number of sulfonamides is 1. The summed E-state index contributed by atoms with van der Waals surface area (Å²) >= 11 is 0. The summed E-state index contributed by atoms with van der Waals surface area (Å²) in [5.74, 6) is -0.302. The molecule has 0 aliphatic rings. The van der Waals surface area contributed by atoms with E-state index in [1.807, 2.05) is 4.72 Å². The standard InChI is InChI=1S/C8H9N7O4S/c1-14-11-8(10-13-14)12-20(18,19)6-4-2-3-5(9)7(6)15(16)17/h2-4H,9H2,1H3,(H,11,12). The Bertz CT molecular complexity index is 769. The maximum absolute atomic E-state index is 12.1. The topological polar surface area (TPSA) is 159 Å². The summed E-state index contributed by atoms with van der Waals surface area (Å²) in [5.41, 5.74) is 4.47. The second-order valence-corrected chi connectivity index (χ2v) is 5.31. The smallest absolute Gasteiger partial charge is 0.312 e. The van der Waals surface area contributed by atoms with E-state index < -0.39 is 25.5 Å². The molecule has 3 N–H and O–H groups in total. The van der Waals surface area contributed by atoms with Crippen LogP contribution in [0.2, 0.25) is 0 Å². The third kappa shape index (κ3) is 2.49. The molecule has 0 unspecified atom stereocenters. The lowest BCUT2D eigenvalue weighted by Crippen LogP contribution is -2.16. The highest BCUT2D eigenvalue weighted by molar-refractivity contribution is 7.92. The van der Waals surface area contributed by atoms with E-state index in [2.05, 4.69) is 15.4 Å². The third-order valence-corrected chi connectivity index (χ3v) is 3.60. The second kappa shape index (κ2) is 4.73. The molecule has 1 heterocycles. The molecule has 0 saturated heterocycles. The highest BCUT2D eigenvalue weighted by Crippen LogP contribution is 2.30. The Morgan fingerprint density at radius 2 is 2.15 bits per heavy atom. The van der Waals surface area contributed by atoms with Gasteiger partial charge in [0.2, 0.25) is 0 Å². The summed E-state index contributed by atoms with van der Waals surface area (Å²) in [6, 6.07) is 3.59. The molecule has 0 bridgehead atoms. The highest BCUT2D eigenvalue weighted by atomic mass is 32.2. The first kappa shape index (κ1) is 13.7. The number of nitrogens with two attached hydrogens (primary N) is 1. The van der Waals surface area contributed by atoms with E-state index in [-0.39, 0.29) is 11.6 Å². The van der Waals surface area contributed by atoms with Crippen molar-refractivity contribution in [3.63, 3.8) is 0 Å². The molecule has 0 spiro atoms. The van der Waals surface area contributed by atoms with E-state index in [1.54, 1.807) is 0 Å². The quantitative estimate of drug-likeness (QED) is 0.434. The van der Waals surface area contributed by atoms with Gasteiger partial charge in [-0.25, -0.2) is 13.1 Å². The zero-order valence-corrected chi connectivity index (χ0v) is 10.9. The van der Waals surface area contributed by atoms with Crippen molar-refractivity contribution in [1.82, 2.24) is 20.2 Å². The average molecular weight is 299 g/mol. The molecule has 0 radical (unpaired) electrons. The number of para-hydroxylation sites is 1. The van der Waals surface area contributed by atoms with Gasteiger partial charge in [-0.15, -0.1) is 5.10 Å². The lowest BCUT2D eigenvalue weighted by atomic mass is 10.3. The van der Waals surface area contributed by atoms with Crippen LogP contribution in [0.3, 0.4) is 0 Å². The lowest BCUT2D eigenvalue weighted by Gasteiger charge is -2.06. The minimum atomic E-state index is -4.25. The SMILES string of the molecule is Cn1nnc(NS(=O)(=O)c2cccc(N)c2[N+](=O)[O-])n1. The minimum absolute atomic E-state index is 0.259. The number of benzene rings is 1. The van der Waals surface area contributed by atoms with Crippen molar-refractivity contribution >= 4 is 27.3 Å². The van der Waals surface area contributed by atoms with Gasteiger partial charge in [-0.2, -0.15) is 4.80 Å². The summed E-state index contributed by atoms with van der Waals surface area (Å²) in [6.45, 7) is 0. The summed E-state index contributed by atoms with van der Waals surface area (Å²) in [6.07, 6.45) is 0. The van der Waals surface area contributed by atoms with E-state index in [0.29, 0.717) is 0 Å². The minimum Gasteiger partial charge on any atom is -0.393 e. The maximum atomic E-state index is 12.1. The number of rotatable bonds is 4. The lowest BCUT2D eigenvalue weighted by molar-refractivity contribution is -0.386. The normalized spacial score (nSPS) is 11.2. The highest BCUT2D eigenvalue weighted by Gasteiger charge is 2.29. The number of aromatic nitrogens is 4. The second-order valence-electron chi connectivity index (χ2n) is 3.66. The third-order valence-electron chi connectivity index (χ3n) is 2.24. The number of aryl methyl sites for hydroxylation is 1. The molecule has 1 aromatic carbocycles. The molecular formula is C8H9N7O4S. The average Bonchev–Trinajstić information content (AvgIpc) is 2.73.